The Balaban J connectivity index is 2.24. The molecule has 1 N–H and O–H groups in total. The first-order valence-electron chi connectivity index (χ1n) is 5.70. The van der Waals surface area contributed by atoms with Crippen LogP contribution in [-0.4, -0.2) is 17.0 Å². The van der Waals surface area contributed by atoms with Gasteiger partial charge in [0.15, 0.2) is 5.75 Å². The molecule has 2 aromatic rings. The number of hydrogen-bond acceptors (Lipinski definition) is 4. The fraction of sp³-hybridized carbons (Fsp3) is 0.231. The van der Waals surface area contributed by atoms with E-state index in [9.17, 15) is 0 Å². The third-order valence-corrected chi connectivity index (χ3v) is 3.33. The summed E-state index contributed by atoms with van der Waals surface area (Å²) < 4.78 is 6.48. The molecule has 4 nitrogen and oxygen atoms in total. The van der Waals surface area contributed by atoms with Crippen LogP contribution >= 0.6 is 27.5 Å². The molecule has 6 heteroatoms. The molecule has 0 aliphatic heterocycles. The van der Waals surface area contributed by atoms with Crippen LogP contribution in [0.1, 0.15) is 11.3 Å². The second-order valence-electron chi connectivity index (χ2n) is 3.97. The van der Waals surface area contributed by atoms with Crippen LogP contribution in [0.4, 0.5) is 0 Å². The third-order valence-electron chi connectivity index (χ3n) is 2.52. The molecule has 2 rings (SSSR count). The van der Waals surface area contributed by atoms with Crippen LogP contribution in [-0.2, 0) is 6.54 Å². The van der Waals surface area contributed by atoms with Crippen LogP contribution < -0.4 is 10.1 Å². The molecule has 1 aromatic heterocycles. The summed E-state index contributed by atoms with van der Waals surface area (Å²) in [5.74, 6) is 0.525. The number of halogens is 2. The van der Waals surface area contributed by atoms with Crippen LogP contribution in [0.25, 0.3) is 0 Å². The van der Waals surface area contributed by atoms with E-state index in [0.29, 0.717) is 10.8 Å². The van der Waals surface area contributed by atoms with Crippen molar-refractivity contribution in [3.05, 3.63) is 45.1 Å². The molecule has 1 aromatic carbocycles. The molecule has 0 aliphatic carbocycles. The van der Waals surface area contributed by atoms with E-state index in [-0.39, 0.29) is 6.01 Å². The molecule has 0 aliphatic rings. The highest BCUT2D eigenvalue weighted by molar-refractivity contribution is 9.10. The van der Waals surface area contributed by atoms with Crippen LogP contribution in [0.5, 0.6) is 11.8 Å². The highest BCUT2D eigenvalue weighted by atomic mass is 79.9. The van der Waals surface area contributed by atoms with Crippen molar-refractivity contribution in [2.75, 3.05) is 7.05 Å². The molecule has 1 heterocycles. The molecule has 0 spiro atoms. The highest BCUT2D eigenvalue weighted by Crippen LogP contribution is 2.30. The highest BCUT2D eigenvalue weighted by Gasteiger charge is 2.08. The Bertz CT molecular complexity index is 592. The largest absolute Gasteiger partial charge is 0.423 e. The second kappa shape index (κ2) is 6.32. The van der Waals surface area contributed by atoms with Crippen LogP contribution in [0.2, 0.25) is 5.02 Å². The standard InChI is InChI=1S/C13H13BrClN3O/c1-8-9(6-16-2)7-17-13(18-8)19-12-5-10(14)3-4-11(12)15/h3-5,7,16H,6H2,1-2H3. The average Bonchev–Trinajstić information content (AvgIpc) is 2.37. The van der Waals surface area contributed by atoms with Crippen molar-refractivity contribution in [2.24, 2.45) is 0 Å². The van der Waals surface area contributed by atoms with Gasteiger partial charge in [0.25, 0.3) is 0 Å². The van der Waals surface area contributed by atoms with Crippen molar-refractivity contribution < 1.29 is 4.74 Å². The molecular weight excluding hydrogens is 330 g/mol. The fourth-order valence-electron chi connectivity index (χ4n) is 1.54. The number of nitrogens with zero attached hydrogens (tertiary/aromatic N) is 2. The van der Waals surface area contributed by atoms with Gasteiger partial charge >= 0.3 is 6.01 Å². The first-order chi connectivity index (χ1) is 9.10. The number of nitrogens with one attached hydrogen (secondary N) is 1. The lowest BCUT2D eigenvalue weighted by Crippen LogP contribution is -2.08. The first-order valence-corrected chi connectivity index (χ1v) is 6.87. The van der Waals surface area contributed by atoms with E-state index < -0.39 is 0 Å². The monoisotopic (exact) mass is 341 g/mol. The number of hydrogen-bond donors (Lipinski definition) is 1. The van der Waals surface area contributed by atoms with Gasteiger partial charge in [-0.2, -0.15) is 4.98 Å². The van der Waals surface area contributed by atoms with Gasteiger partial charge in [0.05, 0.1) is 5.02 Å². The number of rotatable bonds is 4. The van der Waals surface area contributed by atoms with Crippen molar-refractivity contribution in [1.82, 2.24) is 15.3 Å². The molecule has 100 valence electrons. The summed E-state index contributed by atoms with van der Waals surface area (Å²) in [7, 11) is 1.88. The molecule has 19 heavy (non-hydrogen) atoms. The van der Waals surface area contributed by atoms with Crippen LogP contribution in [0.15, 0.2) is 28.9 Å². The van der Waals surface area contributed by atoms with E-state index in [4.69, 9.17) is 16.3 Å². The minimum atomic E-state index is 0.289. The van der Waals surface area contributed by atoms with E-state index in [1.807, 2.05) is 20.0 Å². The molecule has 0 unspecified atom stereocenters. The predicted molar refractivity (Wildman–Crippen MR) is 78.8 cm³/mol. The zero-order valence-electron chi connectivity index (χ0n) is 10.6. The summed E-state index contributed by atoms with van der Waals surface area (Å²) in [5, 5.41) is 3.58. The number of aryl methyl sites for hydroxylation is 1. The van der Waals surface area contributed by atoms with Crippen molar-refractivity contribution in [3.8, 4) is 11.8 Å². The molecule has 0 amide bonds. The van der Waals surface area contributed by atoms with Gasteiger partial charge in [0, 0.05) is 28.5 Å². The van der Waals surface area contributed by atoms with E-state index >= 15 is 0 Å². The Morgan fingerprint density at radius 3 is 2.89 bits per heavy atom. The van der Waals surface area contributed by atoms with E-state index in [2.05, 4.69) is 31.2 Å². The zero-order valence-corrected chi connectivity index (χ0v) is 12.9. The quantitative estimate of drug-likeness (QED) is 0.920. The van der Waals surface area contributed by atoms with Gasteiger partial charge in [-0.25, -0.2) is 4.98 Å². The summed E-state index contributed by atoms with van der Waals surface area (Å²) in [6.45, 7) is 2.65. The third kappa shape index (κ3) is 3.65. The van der Waals surface area contributed by atoms with Crippen molar-refractivity contribution in [2.45, 2.75) is 13.5 Å². The Morgan fingerprint density at radius 2 is 2.21 bits per heavy atom. The zero-order chi connectivity index (χ0) is 13.8. The van der Waals surface area contributed by atoms with Gasteiger partial charge in [-0.15, -0.1) is 0 Å². The topological polar surface area (TPSA) is 47.0 Å². The fourth-order valence-corrected chi connectivity index (χ4v) is 2.03. The molecular formula is C13H13BrClN3O. The summed E-state index contributed by atoms with van der Waals surface area (Å²) >= 11 is 9.42. The van der Waals surface area contributed by atoms with Gasteiger partial charge < -0.3 is 10.1 Å². The second-order valence-corrected chi connectivity index (χ2v) is 5.29. The summed E-state index contributed by atoms with van der Waals surface area (Å²) in [6.07, 6.45) is 1.75. The SMILES string of the molecule is CNCc1cnc(Oc2cc(Br)ccc2Cl)nc1C. The van der Waals surface area contributed by atoms with Gasteiger partial charge in [0.1, 0.15) is 0 Å². The Kier molecular flexibility index (Phi) is 4.74. The summed E-state index contributed by atoms with van der Waals surface area (Å²) in [5.41, 5.74) is 1.92. The normalized spacial score (nSPS) is 10.5. The van der Waals surface area contributed by atoms with Crippen molar-refractivity contribution in [3.63, 3.8) is 0 Å². The number of benzene rings is 1. The lowest BCUT2D eigenvalue weighted by molar-refractivity contribution is 0.439. The summed E-state index contributed by atoms with van der Waals surface area (Å²) in [4.78, 5) is 8.49. The van der Waals surface area contributed by atoms with Gasteiger partial charge in [0.2, 0.25) is 0 Å². The number of aromatic nitrogens is 2. The van der Waals surface area contributed by atoms with E-state index in [1.165, 1.54) is 0 Å². The lowest BCUT2D eigenvalue weighted by atomic mass is 10.2. The molecule has 0 fully saturated rings. The van der Waals surface area contributed by atoms with Crippen LogP contribution in [0.3, 0.4) is 0 Å². The maximum absolute atomic E-state index is 6.06. The molecule has 0 bridgehead atoms. The summed E-state index contributed by atoms with van der Waals surface area (Å²) in [6, 6.07) is 5.67. The Labute approximate surface area is 125 Å². The lowest BCUT2D eigenvalue weighted by Gasteiger charge is -2.08. The molecule has 0 radical (unpaired) electrons. The van der Waals surface area contributed by atoms with Gasteiger partial charge in [-0.1, -0.05) is 27.5 Å². The average molecular weight is 343 g/mol. The molecule has 0 saturated carbocycles. The number of ether oxygens (including phenoxy) is 1. The Morgan fingerprint density at radius 1 is 1.42 bits per heavy atom. The van der Waals surface area contributed by atoms with E-state index in [0.717, 1.165) is 22.3 Å². The van der Waals surface area contributed by atoms with Crippen molar-refractivity contribution >= 4 is 27.5 Å². The maximum Gasteiger partial charge on any atom is 0.322 e. The molecule has 0 atom stereocenters. The van der Waals surface area contributed by atoms with Crippen LogP contribution in [0, 0.1) is 6.92 Å². The van der Waals surface area contributed by atoms with E-state index in [1.54, 1.807) is 18.3 Å². The van der Waals surface area contributed by atoms with Crippen molar-refractivity contribution in [1.29, 1.82) is 0 Å². The predicted octanol–water partition coefficient (Wildman–Crippen LogP) is 3.71. The minimum Gasteiger partial charge on any atom is -0.423 e. The van der Waals surface area contributed by atoms with Gasteiger partial charge in [-0.05, 0) is 32.2 Å². The first kappa shape index (κ1) is 14.2. The smallest absolute Gasteiger partial charge is 0.322 e. The Hall–Kier alpha value is -1.17. The molecule has 0 saturated heterocycles. The minimum absolute atomic E-state index is 0.289. The maximum atomic E-state index is 6.06. The van der Waals surface area contributed by atoms with Gasteiger partial charge in [-0.3, -0.25) is 0 Å².